The van der Waals surface area contributed by atoms with E-state index in [1.54, 1.807) is 0 Å². The van der Waals surface area contributed by atoms with Crippen LogP contribution in [0.4, 0.5) is 0 Å². The summed E-state index contributed by atoms with van der Waals surface area (Å²) in [5, 5.41) is 0. The molecule has 0 aromatic carbocycles. The van der Waals surface area contributed by atoms with Crippen LogP contribution < -0.4 is 0 Å². The lowest BCUT2D eigenvalue weighted by Gasteiger charge is -2.18. The standard InChI is InChI=1S/C41H78O6/c1-4-7-10-13-15-17-19-20-21-22-24-26-29-31-34-40(43)46-37-38(47-41(44)35-32-27-12-9-6-3)36-45-39(42)33-30-28-25-23-18-16-14-11-8-5-2/h38H,4-37H2,1-3H3/t38-/m0/s1. The molecule has 0 aliphatic carbocycles. The molecule has 0 aliphatic rings. The molecule has 0 fully saturated rings. The van der Waals surface area contributed by atoms with Gasteiger partial charge < -0.3 is 14.2 Å². The molecule has 6 heteroatoms. The monoisotopic (exact) mass is 667 g/mol. The van der Waals surface area contributed by atoms with Crippen LogP contribution in [-0.2, 0) is 28.6 Å². The first-order chi connectivity index (χ1) is 23.0. The maximum absolute atomic E-state index is 12.5. The van der Waals surface area contributed by atoms with Gasteiger partial charge in [0.25, 0.3) is 0 Å². The quantitative estimate of drug-likeness (QED) is 0.0373. The molecule has 47 heavy (non-hydrogen) atoms. The zero-order valence-electron chi connectivity index (χ0n) is 31.6. The van der Waals surface area contributed by atoms with Crippen LogP contribution in [0.5, 0.6) is 0 Å². The van der Waals surface area contributed by atoms with Crippen LogP contribution in [0.15, 0.2) is 0 Å². The summed E-state index contributed by atoms with van der Waals surface area (Å²) in [5.74, 6) is -0.875. The highest BCUT2D eigenvalue weighted by atomic mass is 16.6. The average Bonchev–Trinajstić information content (AvgIpc) is 3.06. The molecule has 0 bridgehead atoms. The fourth-order valence-electron chi connectivity index (χ4n) is 5.97. The Morgan fingerprint density at radius 3 is 0.851 bits per heavy atom. The van der Waals surface area contributed by atoms with E-state index in [0.29, 0.717) is 19.3 Å². The fraction of sp³-hybridized carbons (Fsp3) is 0.927. The first kappa shape index (κ1) is 45.4. The van der Waals surface area contributed by atoms with Crippen LogP contribution in [0.25, 0.3) is 0 Å². The molecule has 0 heterocycles. The summed E-state index contributed by atoms with van der Waals surface area (Å²) in [6, 6.07) is 0. The van der Waals surface area contributed by atoms with Gasteiger partial charge in [0.05, 0.1) is 0 Å². The topological polar surface area (TPSA) is 78.9 Å². The van der Waals surface area contributed by atoms with Crippen molar-refractivity contribution in [1.82, 2.24) is 0 Å². The van der Waals surface area contributed by atoms with Crippen molar-refractivity contribution >= 4 is 17.9 Å². The van der Waals surface area contributed by atoms with Gasteiger partial charge in [-0.2, -0.15) is 0 Å². The molecule has 6 nitrogen and oxygen atoms in total. The lowest BCUT2D eigenvalue weighted by Crippen LogP contribution is -2.30. The lowest BCUT2D eigenvalue weighted by molar-refractivity contribution is -0.167. The Labute approximate surface area is 291 Å². The maximum Gasteiger partial charge on any atom is 0.306 e. The van der Waals surface area contributed by atoms with E-state index in [4.69, 9.17) is 14.2 Å². The summed E-state index contributed by atoms with van der Waals surface area (Å²) in [6.07, 6.45) is 35.4. The van der Waals surface area contributed by atoms with Crippen molar-refractivity contribution in [3.63, 3.8) is 0 Å². The minimum absolute atomic E-state index is 0.0649. The van der Waals surface area contributed by atoms with E-state index < -0.39 is 6.10 Å². The number of rotatable bonds is 37. The molecule has 1 atom stereocenters. The van der Waals surface area contributed by atoms with Crippen molar-refractivity contribution in [2.75, 3.05) is 13.2 Å². The number of hydrogen-bond donors (Lipinski definition) is 0. The molecule has 0 N–H and O–H groups in total. The second-order valence-corrected chi connectivity index (χ2v) is 13.9. The van der Waals surface area contributed by atoms with Crippen LogP contribution in [0.2, 0.25) is 0 Å². The molecule has 0 amide bonds. The fourth-order valence-corrected chi connectivity index (χ4v) is 5.97. The molecule has 0 aliphatic heterocycles. The van der Waals surface area contributed by atoms with Crippen molar-refractivity contribution < 1.29 is 28.6 Å². The van der Waals surface area contributed by atoms with E-state index in [-0.39, 0.29) is 31.1 Å². The molecule has 0 rings (SSSR count). The normalized spacial score (nSPS) is 11.8. The summed E-state index contributed by atoms with van der Waals surface area (Å²) >= 11 is 0. The zero-order valence-corrected chi connectivity index (χ0v) is 31.6. The molecular weight excluding hydrogens is 588 g/mol. The van der Waals surface area contributed by atoms with Crippen molar-refractivity contribution in [2.24, 2.45) is 0 Å². The van der Waals surface area contributed by atoms with Gasteiger partial charge in [0.1, 0.15) is 13.2 Å². The van der Waals surface area contributed by atoms with Gasteiger partial charge >= 0.3 is 17.9 Å². The van der Waals surface area contributed by atoms with Gasteiger partial charge in [-0.05, 0) is 19.3 Å². The van der Waals surface area contributed by atoms with Crippen molar-refractivity contribution in [3.8, 4) is 0 Å². The van der Waals surface area contributed by atoms with E-state index in [1.165, 1.54) is 122 Å². The zero-order chi connectivity index (χ0) is 34.5. The van der Waals surface area contributed by atoms with Crippen molar-refractivity contribution in [2.45, 2.75) is 232 Å². The highest BCUT2D eigenvalue weighted by Gasteiger charge is 2.19. The van der Waals surface area contributed by atoms with Crippen LogP contribution in [0.1, 0.15) is 226 Å². The van der Waals surface area contributed by atoms with Crippen LogP contribution in [0, 0.1) is 0 Å². The number of esters is 3. The summed E-state index contributed by atoms with van der Waals surface area (Å²) in [6.45, 7) is 6.54. The third-order valence-corrected chi connectivity index (χ3v) is 9.11. The van der Waals surface area contributed by atoms with E-state index in [2.05, 4.69) is 20.8 Å². The second-order valence-electron chi connectivity index (χ2n) is 13.9. The Hall–Kier alpha value is -1.59. The van der Waals surface area contributed by atoms with Gasteiger partial charge in [-0.25, -0.2) is 0 Å². The second kappa shape index (κ2) is 37.2. The third kappa shape index (κ3) is 35.5. The number of ether oxygens (including phenoxy) is 3. The highest BCUT2D eigenvalue weighted by Crippen LogP contribution is 2.15. The molecule has 0 spiro atoms. The molecule has 278 valence electrons. The van der Waals surface area contributed by atoms with E-state index >= 15 is 0 Å². The summed E-state index contributed by atoms with van der Waals surface area (Å²) in [5.41, 5.74) is 0. The summed E-state index contributed by atoms with van der Waals surface area (Å²) in [7, 11) is 0. The molecule has 0 saturated heterocycles. The Morgan fingerprint density at radius 2 is 0.574 bits per heavy atom. The van der Waals surface area contributed by atoms with Crippen LogP contribution >= 0.6 is 0 Å². The Kier molecular flexibility index (Phi) is 36.0. The Bertz CT molecular complexity index is 693. The van der Waals surface area contributed by atoms with Gasteiger partial charge in [0.15, 0.2) is 6.10 Å². The molecule has 0 aromatic heterocycles. The highest BCUT2D eigenvalue weighted by molar-refractivity contribution is 5.71. The smallest absolute Gasteiger partial charge is 0.306 e. The molecule has 0 radical (unpaired) electrons. The van der Waals surface area contributed by atoms with Gasteiger partial charge in [-0.1, -0.05) is 188 Å². The number of carbonyl (C=O) groups is 3. The van der Waals surface area contributed by atoms with E-state index in [0.717, 1.165) is 64.2 Å². The molecule has 0 aromatic rings. The molecular formula is C41H78O6. The van der Waals surface area contributed by atoms with Crippen molar-refractivity contribution in [1.29, 1.82) is 0 Å². The van der Waals surface area contributed by atoms with Gasteiger partial charge in [-0.15, -0.1) is 0 Å². The molecule has 0 unspecified atom stereocenters. The van der Waals surface area contributed by atoms with Gasteiger partial charge in [0.2, 0.25) is 0 Å². The number of unbranched alkanes of at least 4 members (excludes halogenated alkanes) is 26. The lowest BCUT2D eigenvalue weighted by atomic mass is 10.0. The first-order valence-electron chi connectivity index (χ1n) is 20.5. The van der Waals surface area contributed by atoms with Crippen LogP contribution in [-0.4, -0.2) is 37.2 Å². The third-order valence-electron chi connectivity index (χ3n) is 9.11. The number of hydrogen-bond acceptors (Lipinski definition) is 6. The largest absolute Gasteiger partial charge is 0.462 e. The predicted octanol–water partition coefficient (Wildman–Crippen LogP) is 12.5. The van der Waals surface area contributed by atoms with Gasteiger partial charge in [0, 0.05) is 19.3 Å². The summed E-state index contributed by atoms with van der Waals surface area (Å²) < 4.78 is 16.5. The number of carbonyl (C=O) groups excluding carboxylic acids is 3. The maximum atomic E-state index is 12.5. The minimum atomic E-state index is -0.755. The van der Waals surface area contributed by atoms with Crippen molar-refractivity contribution in [3.05, 3.63) is 0 Å². The van der Waals surface area contributed by atoms with Gasteiger partial charge in [-0.3, -0.25) is 14.4 Å². The minimum Gasteiger partial charge on any atom is -0.462 e. The SMILES string of the molecule is CCCCCCCCCCCCCCCCC(=O)OC[C@H](COC(=O)CCCCCCCCCCCC)OC(=O)CCCCCCC. The molecule has 0 saturated carbocycles. The van der Waals surface area contributed by atoms with Crippen LogP contribution in [0.3, 0.4) is 0 Å². The summed E-state index contributed by atoms with van der Waals surface area (Å²) in [4.78, 5) is 37.2. The first-order valence-corrected chi connectivity index (χ1v) is 20.5. The Balaban J connectivity index is 4.17. The Morgan fingerprint density at radius 1 is 0.340 bits per heavy atom. The predicted molar refractivity (Wildman–Crippen MR) is 197 cm³/mol. The van der Waals surface area contributed by atoms with E-state index in [9.17, 15) is 14.4 Å². The van der Waals surface area contributed by atoms with E-state index in [1.807, 2.05) is 0 Å². The average molecular weight is 667 g/mol.